The van der Waals surface area contributed by atoms with E-state index in [0.717, 1.165) is 28.7 Å². The Hall–Kier alpha value is -1.83. The van der Waals surface area contributed by atoms with Gasteiger partial charge in [0.2, 0.25) is 0 Å². The van der Waals surface area contributed by atoms with E-state index in [1.54, 1.807) is 7.05 Å². The molecular formula is C11H10F3N3OS. The van der Waals surface area contributed by atoms with Gasteiger partial charge in [-0.05, 0) is 18.2 Å². The van der Waals surface area contributed by atoms with E-state index in [4.69, 9.17) is 4.74 Å². The van der Waals surface area contributed by atoms with Gasteiger partial charge in [0, 0.05) is 18.6 Å². The number of nitrogens with one attached hydrogen (secondary N) is 1. The van der Waals surface area contributed by atoms with E-state index in [1.807, 2.05) is 0 Å². The van der Waals surface area contributed by atoms with Gasteiger partial charge in [-0.15, -0.1) is 5.10 Å². The fourth-order valence-corrected chi connectivity index (χ4v) is 1.92. The highest BCUT2D eigenvalue weighted by atomic mass is 32.1. The van der Waals surface area contributed by atoms with Crippen LogP contribution >= 0.6 is 11.5 Å². The SMILES string of the molecule is CNc1snnc1COc1cccc(C(F)(F)F)c1. The molecule has 0 aliphatic heterocycles. The molecule has 4 nitrogen and oxygen atoms in total. The molecule has 0 unspecified atom stereocenters. The molecule has 0 atom stereocenters. The van der Waals surface area contributed by atoms with E-state index < -0.39 is 11.7 Å². The van der Waals surface area contributed by atoms with Crippen LogP contribution in [0.25, 0.3) is 0 Å². The second-order valence-electron chi connectivity index (χ2n) is 3.61. The van der Waals surface area contributed by atoms with Crippen molar-refractivity contribution in [1.29, 1.82) is 0 Å². The molecule has 0 aliphatic carbocycles. The summed E-state index contributed by atoms with van der Waals surface area (Å²) < 4.78 is 46.6. The first-order valence-electron chi connectivity index (χ1n) is 5.29. The van der Waals surface area contributed by atoms with Crippen molar-refractivity contribution in [2.45, 2.75) is 12.8 Å². The second-order valence-corrected chi connectivity index (χ2v) is 4.37. The average Bonchev–Trinajstić information content (AvgIpc) is 2.83. The van der Waals surface area contributed by atoms with Crippen LogP contribution in [-0.4, -0.2) is 16.6 Å². The highest BCUT2D eigenvalue weighted by Gasteiger charge is 2.30. The molecule has 1 heterocycles. The van der Waals surface area contributed by atoms with Gasteiger partial charge in [0.1, 0.15) is 23.1 Å². The monoisotopic (exact) mass is 289 g/mol. The van der Waals surface area contributed by atoms with Crippen LogP contribution in [0.5, 0.6) is 5.75 Å². The lowest BCUT2D eigenvalue weighted by Crippen LogP contribution is -2.05. The number of ether oxygens (including phenoxy) is 1. The highest BCUT2D eigenvalue weighted by Crippen LogP contribution is 2.31. The standard InChI is InChI=1S/C11H10F3N3OS/c1-15-10-9(16-17-19-10)6-18-8-4-2-3-7(5-8)11(12,13)14/h2-5,15H,6H2,1H3. The van der Waals surface area contributed by atoms with Crippen LogP contribution in [0.15, 0.2) is 24.3 Å². The summed E-state index contributed by atoms with van der Waals surface area (Å²) in [5, 5.41) is 7.44. The van der Waals surface area contributed by atoms with Crippen LogP contribution in [0.4, 0.5) is 18.2 Å². The Kier molecular flexibility index (Phi) is 3.89. The molecule has 102 valence electrons. The predicted molar refractivity (Wildman–Crippen MR) is 65.2 cm³/mol. The van der Waals surface area contributed by atoms with E-state index in [9.17, 15) is 13.2 Å². The molecule has 0 amide bonds. The van der Waals surface area contributed by atoms with Gasteiger partial charge >= 0.3 is 6.18 Å². The molecule has 1 N–H and O–H groups in total. The first kappa shape index (κ1) is 13.6. The Morgan fingerprint density at radius 2 is 2.16 bits per heavy atom. The third-order valence-corrected chi connectivity index (χ3v) is 3.11. The van der Waals surface area contributed by atoms with Crippen molar-refractivity contribution >= 4 is 16.5 Å². The first-order chi connectivity index (χ1) is 9.00. The Balaban J connectivity index is 2.08. The molecule has 1 aromatic carbocycles. The smallest absolute Gasteiger partial charge is 0.416 e. The van der Waals surface area contributed by atoms with Crippen LogP contribution < -0.4 is 10.1 Å². The molecule has 8 heteroatoms. The lowest BCUT2D eigenvalue weighted by molar-refractivity contribution is -0.137. The molecular weight excluding hydrogens is 279 g/mol. The first-order valence-corrected chi connectivity index (χ1v) is 6.07. The van der Waals surface area contributed by atoms with E-state index in [2.05, 4.69) is 14.9 Å². The minimum absolute atomic E-state index is 0.0635. The molecule has 0 radical (unpaired) electrons. The van der Waals surface area contributed by atoms with Gasteiger partial charge in [-0.1, -0.05) is 10.6 Å². The zero-order chi connectivity index (χ0) is 13.9. The minimum atomic E-state index is -4.38. The third-order valence-electron chi connectivity index (χ3n) is 2.32. The van der Waals surface area contributed by atoms with Crippen LogP contribution in [0.2, 0.25) is 0 Å². The molecule has 0 bridgehead atoms. The zero-order valence-electron chi connectivity index (χ0n) is 9.86. The fraction of sp³-hybridized carbons (Fsp3) is 0.273. The van der Waals surface area contributed by atoms with Gasteiger partial charge in [0.05, 0.1) is 5.56 Å². The molecule has 2 rings (SSSR count). The van der Waals surface area contributed by atoms with Crippen LogP contribution in [0.3, 0.4) is 0 Å². The predicted octanol–water partition coefficient (Wildman–Crippen LogP) is 3.18. The second kappa shape index (κ2) is 5.43. The van der Waals surface area contributed by atoms with Crippen molar-refractivity contribution in [3.8, 4) is 5.75 Å². The largest absolute Gasteiger partial charge is 0.487 e. The van der Waals surface area contributed by atoms with E-state index in [0.29, 0.717) is 5.69 Å². The van der Waals surface area contributed by atoms with Gasteiger partial charge in [0.15, 0.2) is 0 Å². The summed E-state index contributed by atoms with van der Waals surface area (Å²) in [6, 6.07) is 4.72. The lowest BCUT2D eigenvalue weighted by atomic mass is 10.2. The third kappa shape index (κ3) is 3.34. The molecule has 2 aromatic rings. The number of anilines is 1. The van der Waals surface area contributed by atoms with Crippen molar-refractivity contribution in [1.82, 2.24) is 9.59 Å². The van der Waals surface area contributed by atoms with E-state index >= 15 is 0 Å². The Labute approximate surface area is 111 Å². The summed E-state index contributed by atoms with van der Waals surface area (Å²) in [6.45, 7) is 0.0635. The molecule has 19 heavy (non-hydrogen) atoms. The quantitative estimate of drug-likeness (QED) is 0.939. The highest BCUT2D eigenvalue weighted by molar-refractivity contribution is 7.10. The number of nitrogens with zero attached hydrogens (tertiary/aromatic N) is 2. The summed E-state index contributed by atoms with van der Waals surface area (Å²) in [6.07, 6.45) is -4.38. The van der Waals surface area contributed by atoms with Gasteiger partial charge < -0.3 is 10.1 Å². The molecule has 1 aromatic heterocycles. The van der Waals surface area contributed by atoms with E-state index in [1.165, 1.54) is 12.1 Å². The fourth-order valence-electron chi connectivity index (χ4n) is 1.41. The van der Waals surface area contributed by atoms with Gasteiger partial charge in [-0.3, -0.25) is 0 Å². The van der Waals surface area contributed by atoms with Crippen LogP contribution in [-0.2, 0) is 12.8 Å². The van der Waals surface area contributed by atoms with Crippen LogP contribution in [0, 0.1) is 0 Å². The minimum Gasteiger partial charge on any atom is -0.487 e. The Morgan fingerprint density at radius 1 is 1.37 bits per heavy atom. The molecule has 0 saturated carbocycles. The number of hydrogen-bond donors (Lipinski definition) is 1. The number of rotatable bonds is 4. The van der Waals surface area contributed by atoms with Crippen molar-refractivity contribution in [3.05, 3.63) is 35.5 Å². The zero-order valence-corrected chi connectivity index (χ0v) is 10.7. The van der Waals surface area contributed by atoms with Crippen molar-refractivity contribution in [2.24, 2.45) is 0 Å². The Morgan fingerprint density at radius 3 is 2.84 bits per heavy atom. The number of alkyl halides is 3. The molecule has 0 aliphatic rings. The van der Waals surface area contributed by atoms with E-state index in [-0.39, 0.29) is 12.4 Å². The molecule has 0 saturated heterocycles. The van der Waals surface area contributed by atoms with Crippen molar-refractivity contribution in [3.63, 3.8) is 0 Å². The summed E-state index contributed by atoms with van der Waals surface area (Å²) in [7, 11) is 1.71. The topological polar surface area (TPSA) is 47.0 Å². The maximum atomic E-state index is 12.5. The maximum absolute atomic E-state index is 12.5. The van der Waals surface area contributed by atoms with Gasteiger partial charge in [-0.25, -0.2) is 0 Å². The summed E-state index contributed by atoms with van der Waals surface area (Å²) >= 11 is 1.16. The molecule has 0 spiro atoms. The number of halogens is 3. The van der Waals surface area contributed by atoms with Crippen molar-refractivity contribution in [2.75, 3.05) is 12.4 Å². The summed E-state index contributed by atoms with van der Waals surface area (Å²) in [4.78, 5) is 0. The average molecular weight is 289 g/mol. The maximum Gasteiger partial charge on any atom is 0.416 e. The lowest BCUT2D eigenvalue weighted by Gasteiger charge is -2.09. The molecule has 0 fully saturated rings. The van der Waals surface area contributed by atoms with Crippen LogP contribution in [0.1, 0.15) is 11.3 Å². The Bertz CT molecular complexity index is 556. The number of hydrogen-bond acceptors (Lipinski definition) is 5. The summed E-state index contributed by atoms with van der Waals surface area (Å²) in [5.41, 5.74) is -0.180. The van der Waals surface area contributed by atoms with Gasteiger partial charge in [-0.2, -0.15) is 13.2 Å². The summed E-state index contributed by atoms with van der Waals surface area (Å²) in [5.74, 6) is 0.143. The number of aromatic nitrogens is 2. The number of benzene rings is 1. The normalized spacial score (nSPS) is 11.4. The van der Waals surface area contributed by atoms with Crippen molar-refractivity contribution < 1.29 is 17.9 Å². The van der Waals surface area contributed by atoms with Gasteiger partial charge in [0.25, 0.3) is 0 Å².